The summed E-state index contributed by atoms with van der Waals surface area (Å²) in [4.78, 5) is 17.3. The van der Waals surface area contributed by atoms with Gasteiger partial charge in [-0.25, -0.2) is 13.8 Å². The predicted octanol–water partition coefficient (Wildman–Crippen LogP) is 3.45. The molecule has 2 aromatic heterocycles. The smallest absolute Gasteiger partial charge is 0.306 e. The zero-order chi connectivity index (χ0) is 23.0. The summed E-state index contributed by atoms with van der Waals surface area (Å²) in [7, 11) is -0.422. The van der Waals surface area contributed by atoms with E-state index < -0.39 is 16.2 Å². The van der Waals surface area contributed by atoms with Crippen molar-refractivity contribution in [2.45, 2.75) is 57.4 Å². The SMILES string of the molecule is CC(C)c1cc(NC(=O)NS(=O)(=O)N(c2cnn(C)c2)C2CCCN(C)C2)c(C2CC2)s1. The Morgan fingerprint density at radius 2 is 2.03 bits per heavy atom. The molecule has 0 bridgehead atoms. The third kappa shape index (κ3) is 5.10. The first-order chi connectivity index (χ1) is 15.1. The zero-order valence-electron chi connectivity index (χ0n) is 19.0. The van der Waals surface area contributed by atoms with Crippen LogP contribution >= 0.6 is 11.3 Å². The van der Waals surface area contributed by atoms with E-state index in [9.17, 15) is 13.2 Å². The number of amides is 2. The number of aryl methyl sites for hydroxylation is 1. The molecule has 2 aromatic rings. The fraction of sp³-hybridized carbons (Fsp3) is 0.619. The van der Waals surface area contributed by atoms with Crippen LogP contribution in [0.4, 0.5) is 16.2 Å². The lowest BCUT2D eigenvalue weighted by atomic mass is 10.1. The molecule has 2 amide bonds. The van der Waals surface area contributed by atoms with Gasteiger partial charge >= 0.3 is 16.2 Å². The van der Waals surface area contributed by atoms with E-state index in [4.69, 9.17) is 0 Å². The third-order valence-electron chi connectivity index (χ3n) is 5.90. The van der Waals surface area contributed by atoms with Crippen LogP contribution in [0.5, 0.6) is 0 Å². The summed E-state index contributed by atoms with van der Waals surface area (Å²) in [6.45, 7) is 5.74. The van der Waals surface area contributed by atoms with Crippen molar-refractivity contribution in [2.75, 3.05) is 29.8 Å². The van der Waals surface area contributed by atoms with Crippen LogP contribution in [-0.4, -0.2) is 55.3 Å². The van der Waals surface area contributed by atoms with E-state index in [2.05, 4.69) is 33.9 Å². The molecule has 2 N–H and O–H groups in total. The highest BCUT2D eigenvalue weighted by molar-refractivity contribution is 7.91. The van der Waals surface area contributed by atoms with Gasteiger partial charge in [0, 0.05) is 29.5 Å². The predicted molar refractivity (Wildman–Crippen MR) is 128 cm³/mol. The molecule has 2 fully saturated rings. The van der Waals surface area contributed by atoms with Crippen LogP contribution in [0.25, 0.3) is 0 Å². The molecule has 32 heavy (non-hydrogen) atoms. The lowest BCUT2D eigenvalue weighted by Gasteiger charge is -2.37. The molecule has 0 aromatic carbocycles. The largest absolute Gasteiger partial charge is 0.334 e. The van der Waals surface area contributed by atoms with Crippen LogP contribution in [0.15, 0.2) is 18.5 Å². The van der Waals surface area contributed by atoms with Crippen molar-refractivity contribution in [3.63, 3.8) is 0 Å². The Labute approximate surface area is 194 Å². The number of piperidine rings is 1. The van der Waals surface area contributed by atoms with Crippen molar-refractivity contribution in [3.8, 4) is 0 Å². The summed E-state index contributed by atoms with van der Waals surface area (Å²) in [5.41, 5.74) is 1.17. The third-order valence-corrected chi connectivity index (χ3v) is 8.97. The molecule has 11 heteroatoms. The molecule has 1 saturated carbocycles. The van der Waals surface area contributed by atoms with E-state index >= 15 is 0 Å². The summed E-state index contributed by atoms with van der Waals surface area (Å²) >= 11 is 1.71. The number of urea groups is 1. The Hall–Kier alpha value is -2.11. The molecule has 1 unspecified atom stereocenters. The van der Waals surface area contributed by atoms with Crippen LogP contribution in [0.3, 0.4) is 0 Å². The van der Waals surface area contributed by atoms with Gasteiger partial charge in [-0.05, 0) is 57.2 Å². The summed E-state index contributed by atoms with van der Waals surface area (Å²) in [6.07, 6.45) is 7.00. The van der Waals surface area contributed by atoms with Gasteiger partial charge in [-0.3, -0.25) is 4.68 Å². The number of aromatic nitrogens is 2. The summed E-state index contributed by atoms with van der Waals surface area (Å²) in [6, 6.07) is 0.960. The minimum atomic E-state index is -4.14. The Morgan fingerprint density at radius 1 is 1.28 bits per heavy atom. The minimum Gasteiger partial charge on any atom is -0.306 e. The van der Waals surface area contributed by atoms with Crippen molar-refractivity contribution < 1.29 is 13.2 Å². The second-order valence-electron chi connectivity index (χ2n) is 9.14. The zero-order valence-corrected chi connectivity index (χ0v) is 20.7. The number of nitrogens with one attached hydrogen (secondary N) is 2. The van der Waals surface area contributed by atoms with Crippen molar-refractivity contribution in [2.24, 2.45) is 7.05 Å². The Balaban J connectivity index is 1.55. The Bertz CT molecular complexity index is 1070. The number of hydrogen-bond donors (Lipinski definition) is 2. The molecule has 2 aliphatic rings. The molecule has 3 heterocycles. The van der Waals surface area contributed by atoms with Crippen LogP contribution in [0, 0.1) is 0 Å². The van der Waals surface area contributed by atoms with Gasteiger partial charge in [0.2, 0.25) is 0 Å². The molecule has 0 radical (unpaired) electrons. The summed E-state index contributed by atoms with van der Waals surface area (Å²) in [5, 5.41) is 6.95. The number of carbonyl (C=O) groups excluding carboxylic acids is 1. The van der Waals surface area contributed by atoms with Crippen LogP contribution in [-0.2, 0) is 17.3 Å². The maximum Gasteiger partial charge on any atom is 0.334 e. The highest BCUT2D eigenvalue weighted by Gasteiger charge is 2.35. The maximum absolute atomic E-state index is 13.4. The van der Waals surface area contributed by atoms with Crippen molar-refractivity contribution >= 4 is 39.0 Å². The summed E-state index contributed by atoms with van der Waals surface area (Å²) in [5.74, 6) is 0.813. The van der Waals surface area contributed by atoms with Gasteiger partial charge in [-0.2, -0.15) is 13.5 Å². The molecule has 1 aliphatic carbocycles. The quantitative estimate of drug-likeness (QED) is 0.632. The second-order valence-corrected chi connectivity index (χ2v) is 11.8. The molecular formula is C21H32N6O3S2. The molecule has 1 atom stereocenters. The van der Waals surface area contributed by atoms with E-state index in [-0.39, 0.29) is 6.04 Å². The van der Waals surface area contributed by atoms with Gasteiger partial charge < -0.3 is 10.2 Å². The molecule has 9 nitrogen and oxygen atoms in total. The number of carbonyl (C=O) groups is 1. The first kappa shape index (κ1) is 23.1. The van der Waals surface area contributed by atoms with E-state index in [0.29, 0.717) is 24.1 Å². The number of thiophene rings is 1. The number of likely N-dealkylation sites (N-methyl/N-ethyl adjacent to an activating group) is 1. The standard InChI is InChI=1S/C21H32N6O3S2/c1-14(2)19-10-18(20(31-19)15-7-8-15)23-21(28)24-32(29,30)27(17-11-22-26(4)13-17)16-6-5-9-25(3)12-16/h10-11,13-16H,5-9,12H2,1-4H3,(H2,23,24,28). The van der Waals surface area contributed by atoms with Gasteiger partial charge in [0.25, 0.3) is 0 Å². The molecule has 0 spiro atoms. The number of anilines is 2. The first-order valence-corrected chi connectivity index (χ1v) is 13.3. The minimum absolute atomic E-state index is 0.279. The van der Waals surface area contributed by atoms with Gasteiger partial charge in [-0.15, -0.1) is 11.3 Å². The molecule has 1 aliphatic heterocycles. The van der Waals surface area contributed by atoms with Crippen LogP contribution in [0.1, 0.15) is 61.1 Å². The lowest BCUT2D eigenvalue weighted by molar-refractivity contribution is 0.251. The average Bonchev–Trinajstić information content (AvgIpc) is 3.32. The topological polar surface area (TPSA) is 99.6 Å². The average molecular weight is 481 g/mol. The fourth-order valence-corrected chi connectivity index (χ4v) is 6.78. The fourth-order valence-electron chi connectivity index (χ4n) is 4.17. The number of likely N-dealkylation sites (tertiary alicyclic amines) is 1. The normalized spacial score (nSPS) is 19.8. The number of hydrogen-bond acceptors (Lipinski definition) is 6. The lowest BCUT2D eigenvalue weighted by Crippen LogP contribution is -2.54. The van der Waals surface area contributed by atoms with Crippen LogP contribution < -0.4 is 14.3 Å². The van der Waals surface area contributed by atoms with Gasteiger partial charge in [0.1, 0.15) is 0 Å². The van der Waals surface area contributed by atoms with E-state index in [1.807, 2.05) is 13.1 Å². The Morgan fingerprint density at radius 3 is 2.62 bits per heavy atom. The van der Waals surface area contributed by atoms with Crippen molar-refractivity contribution in [1.29, 1.82) is 0 Å². The monoisotopic (exact) mass is 480 g/mol. The van der Waals surface area contributed by atoms with Crippen LogP contribution in [0.2, 0.25) is 0 Å². The van der Waals surface area contributed by atoms with E-state index in [1.54, 1.807) is 29.3 Å². The highest BCUT2D eigenvalue weighted by atomic mass is 32.2. The van der Waals surface area contributed by atoms with Gasteiger partial charge in [0.05, 0.1) is 23.6 Å². The summed E-state index contributed by atoms with van der Waals surface area (Å²) < 4.78 is 31.9. The van der Waals surface area contributed by atoms with Crippen molar-refractivity contribution in [1.82, 2.24) is 19.4 Å². The maximum atomic E-state index is 13.4. The second kappa shape index (κ2) is 9.03. The van der Waals surface area contributed by atoms with E-state index in [0.717, 1.165) is 42.8 Å². The molecule has 1 saturated heterocycles. The molecular weight excluding hydrogens is 448 g/mol. The molecule has 176 valence electrons. The first-order valence-electron chi connectivity index (χ1n) is 11.1. The highest BCUT2D eigenvalue weighted by Crippen LogP contribution is 2.48. The Kier molecular flexibility index (Phi) is 6.51. The number of rotatable bonds is 7. The van der Waals surface area contributed by atoms with Gasteiger partial charge in [0.15, 0.2) is 0 Å². The van der Waals surface area contributed by atoms with E-state index in [1.165, 1.54) is 15.4 Å². The van der Waals surface area contributed by atoms with Crippen molar-refractivity contribution in [3.05, 3.63) is 28.2 Å². The van der Waals surface area contributed by atoms with Gasteiger partial charge in [-0.1, -0.05) is 13.8 Å². The number of nitrogens with zero attached hydrogens (tertiary/aromatic N) is 4. The molecule has 4 rings (SSSR count).